The highest BCUT2D eigenvalue weighted by Crippen LogP contribution is 2.12. The first kappa shape index (κ1) is 9.93. The molecule has 2 saturated heterocycles. The fraction of sp³-hybridized carbons (Fsp3) is 0.900. The monoisotopic (exact) mass is 197 g/mol. The first-order valence-electron chi connectivity index (χ1n) is 5.54. The summed E-state index contributed by atoms with van der Waals surface area (Å²) in [4.78, 5) is 13.5. The van der Waals surface area contributed by atoms with Crippen LogP contribution in [0.15, 0.2) is 0 Å². The zero-order valence-electron chi connectivity index (χ0n) is 8.59. The van der Waals surface area contributed by atoms with Crippen molar-refractivity contribution >= 4 is 5.91 Å². The molecule has 2 fully saturated rings. The maximum atomic E-state index is 11.0. The van der Waals surface area contributed by atoms with Crippen LogP contribution in [0.1, 0.15) is 12.8 Å². The maximum absolute atomic E-state index is 11.0. The zero-order chi connectivity index (χ0) is 9.80. The molecule has 1 unspecified atom stereocenters. The summed E-state index contributed by atoms with van der Waals surface area (Å²) in [7, 11) is 0. The lowest BCUT2D eigenvalue weighted by Crippen LogP contribution is -2.47. The SMILES string of the molecule is O=C1CCC(CN2CCNCC2)CN1. The van der Waals surface area contributed by atoms with Crippen LogP contribution in [0.5, 0.6) is 0 Å². The molecule has 80 valence electrons. The minimum Gasteiger partial charge on any atom is -0.356 e. The number of piperazine rings is 1. The van der Waals surface area contributed by atoms with Crippen LogP contribution in [0.3, 0.4) is 0 Å². The van der Waals surface area contributed by atoms with Crippen molar-refractivity contribution in [2.45, 2.75) is 12.8 Å². The van der Waals surface area contributed by atoms with Crippen LogP contribution in [0.4, 0.5) is 0 Å². The number of carbonyl (C=O) groups excluding carboxylic acids is 1. The Morgan fingerprint density at radius 2 is 2.14 bits per heavy atom. The summed E-state index contributed by atoms with van der Waals surface area (Å²) in [5, 5.41) is 6.29. The molecule has 2 aliphatic rings. The quantitative estimate of drug-likeness (QED) is 0.622. The first-order valence-corrected chi connectivity index (χ1v) is 5.54. The smallest absolute Gasteiger partial charge is 0.220 e. The molecule has 0 aromatic carbocycles. The summed E-state index contributed by atoms with van der Waals surface area (Å²) in [5.41, 5.74) is 0. The summed E-state index contributed by atoms with van der Waals surface area (Å²) < 4.78 is 0. The van der Waals surface area contributed by atoms with Crippen LogP contribution in [-0.2, 0) is 4.79 Å². The Bertz CT molecular complexity index is 192. The second kappa shape index (κ2) is 4.75. The van der Waals surface area contributed by atoms with Crippen LogP contribution < -0.4 is 10.6 Å². The lowest BCUT2D eigenvalue weighted by Gasteiger charge is -2.32. The highest BCUT2D eigenvalue weighted by molar-refractivity contribution is 5.76. The van der Waals surface area contributed by atoms with Crippen LogP contribution in [0, 0.1) is 5.92 Å². The molecule has 14 heavy (non-hydrogen) atoms. The number of nitrogens with zero attached hydrogens (tertiary/aromatic N) is 1. The minimum atomic E-state index is 0.224. The number of amides is 1. The molecule has 0 aromatic rings. The number of hydrogen-bond donors (Lipinski definition) is 2. The van der Waals surface area contributed by atoms with Crippen LogP contribution in [0.25, 0.3) is 0 Å². The van der Waals surface area contributed by atoms with Gasteiger partial charge in [0.05, 0.1) is 0 Å². The summed E-state index contributed by atoms with van der Waals surface area (Å²) in [6.07, 6.45) is 1.78. The van der Waals surface area contributed by atoms with E-state index in [1.807, 2.05) is 0 Å². The minimum absolute atomic E-state index is 0.224. The van der Waals surface area contributed by atoms with E-state index in [2.05, 4.69) is 15.5 Å². The molecule has 2 N–H and O–H groups in total. The molecular formula is C10H19N3O. The molecule has 0 bridgehead atoms. The van der Waals surface area contributed by atoms with Gasteiger partial charge in [0.25, 0.3) is 0 Å². The van der Waals surface area contributed by atoms with Crippen molar-refractivity contribution < 1.29 is 4.79 Å². The summed E-state index contributed by atoms with van der Waals surface area (Å²) in [6.45, 7) is 6.57. The van der Waals surface area contributed by atoms with Gasteiger partial charge in [0.2, 0.25) is 5.91 Å². The number of carbonyl (C=O) groups is 1. The molecular weight excluding hydrogens is 178 g/mol. The van der Waals surface area contributed by atoms with Crippen molar-refractivity contribution in [2.75, 3.05) is 39.3 Å². The predicted octanol–water partition coefficient (Wildman–Crippen LogP) is -0.582. The molecule has 0 spiro atoms. The van der Waals surface area contributed by atoms with Gasteiger partial charge in [-0.05, 0) is 12.3 Å². The molecule has 4 nitrogen and oxygen atoms in total. The van der Waals surface area contributed by atoms with E-state index in [0.717, 1.165) is 52.1 Å². The fourth-order valence-corrected chi connectivity index (χ4v) is 2.20. The second-order valence-electron chi connectivity index (χ2n) is 4.26. The van der Waals surface area contributed by atoms with Crippen molar-refractivity contribution in [3.8, 4) is 0 Å². The normalized spacial score (nSPS) is 30.0. The first-order chi connectivity index (χ1) is 6.84. The van der Waals surface area contributed by atoms with E-state index >= 15 is 0 Å². The molecule has 2 rings (SSSR count). The Balaban J connectivity index is 1.71. The molecule has 1 atom stereocenters. The van der Waals surface area contributed by atoms with Gasteiger partial charge in [-0.25, -0.2) is 0 Å². The predicted molar refractivity (Wildman–Crippen MR) is 55.0 cm³/mol. The molecule has 0 saturated carbocycles. The van der Waals surface area contributed by atoms with Crippen molar-refractivity contribution in [3.05, 3.63) is 0 Å². The van der Waals surface area contributed by atoms with Gasteiger partial charge < -0.3 is 15.5 Å². The van der Waals surface area contributed by atoms with Gasteiger partial charge in [0.15, 0.2) is 0 Å². The number of rotatable bonds is 2. The molecule has 0 radical (unpaired) electrons. The van der Waals surface area contributed by atoms with Gasteiger partial charge in [-0.2, -0.15) is 0 Å². The van der Waals surface area contributed by atoms with E-state index in [1.165, 1.54) is 0 Å². The van der Waals surface area contributed by atoms with Gasteiger partial charge in [0, 0.05) is 45.7 Å². The van der Waals surface area contributed by atoms with Crippen LogP contribution >= 0.6 is 0 Å². The average Bonchev–Trinajstić information content (AvgIpc) is 2.23. The summed E-state index contributed by atoms with van der Waals surface area (Å²) >= 11 is 0. The molecule has 0 aliphatic carbocycles. The Morgan fingerprint density at radius 1 is 1.36 bits per heavy atom. The summed E-state index contributed by atoms with van der Waals surface area (Å²) in [6, 6.07) is 0. The van der Waals surface area contributed by atoms with Crippen LogP contribution in [0.2, 0.25) is 0 Å². The molecule has 1 amide bonds. The van der Waals surface area contributed by atoms with E-state index < -0.39 is 0 Å². The Hall–Kier alpha value is -0.610. The fourth-order valence-electron chi connectivity index (χ4n) is 2.20. The summed E-state index contributed by atoms with van der Waals surface area (Å²) in [5.74, 6) is 0.896. The van der Waals surface area contributed by atoms with Gasteiger partial charge in [-0.1, -0.05) is 0 Å². The lowest BCUT2D eigenvalue weighted by atomic mass is 9.98. The van der Waals surface area contributed by atoms with E-state index in [4.69, 9.17) is 0 Å². The van der Waals surface area contributed by atoms with Crippen molar-refractivity contribution in [2.24, 2.45) is 5.92 Å². The third-order valence-electron chi connectivity index (χ3n) is 3.09. The third kappa shape index (κ3) is 2.69. The largest absolute Gasteiger partial charge is 0.356 e. The lowest BCUT2D eigenvalue weighted by molar-refractivity contribution is -0.123. The second-order valence-corrected chi connectivity index (χ2v) is 4.26. The van der Waals surface area contributed by atoms with E-state index in [0.29, 0.717) is 5.92 Å². The number of nitrogens with one attached hydrogen (secondary N) is 2. The maximum Gasteiger partial charge on any atom is 0.220 e. The van der Waals surface area contributed by atoms with E-state index in [-0.39, 0.29) is 5.91 Å². The standard InChI is InChI=1S/C10H19N3O/c14-10-2-1-9(7-12-10)8-13-5-3-11-4-6-13/h9,11H,1-8H2,(H,12,14). The van der Waals surface area contributed by atoms with Crippen molar-refractivity contribution in [1.29, 1.82) is 0 Å². The van der Waals surface area contributed by atoms with E-state index in [9.17, 15) is 4.79 Å². The average molecular weight is 197 g/mol. The van der Waals surface area contributed by atoms with E-state index in [1.54, 1.807) is 0 Å². The van der Waals surface area contributed by atoms with Crippen molar-refractivity contribution in [1.82, 2.24) is 15.5 Å². The molecule has 4 heteroatoms. The van der Waals surface area contributed by atoms with Gasteiger partial charge in [-0.3, -0.25) is 4.79 Å². The van der Waals surface area contributed by atoms with Gasteiger partial charge in [0.1, 0.15) is 0 Å². The Kier molecular flexibility index (Phi) is 3.37. The highest BCUT2D eigenvalue weighted by atomic mass is 16.1. The molecule has 0 aromatic heterocycles. The molecule has 2 aliphatic heterocycles. The molecule has 2 heterocycles. The van der Waals surface area contributed by atoms with Gasteiger partial charge in [-0.15, -0.1) is 0 Å². The number of piperidine rings is 1. The van der Waals surface area contributed by atoms with Gasteiger partial charge >= 0.3 is 0 Å². The van der Waals surface area contributed by atoms with Crippen LogP contribution in [-0.4, -0.2) is 50.1 Å². The number of hydrogen-bond acceptors (Lipinski definition) is 3. The third-order valence-corrected chi connectivity index (χ3v) is 3.09. The Labute approximate surface area is 85.0 Å². The Morgan fingerprint density at radius 3 is 2.79 bits per heavy atom. The zero-order valence-corrected chi connectivity index (χ0v) is 8.59. The van der Waals surface area contributed by atoms with Crippen molar-refractivity contribution in [3.63, 3.8) is 0 Å². The topological polar surface area (TPSA) is 44.4 Å². The highest BCUT2D eigenvalue weighted by Gasteiger charge is 2.21.